The molecule has 0 amide bonds. The van der Waals surface area contributed by atoms with Crippen molar-refractivity contribution in [3.05, 3.63) is 29.3 Å². The number of benzene rings is 1. The first-order valence-electron chi connectivity index (χ1n) is 6.39. The number of rotatable bonds is 3. The lowest BCUT2D eigenvalue weighted by Crippen LogP contribution is -2.07. The summed E-state index contributed by atoms with van der Waals surface area (Å²) in [6, 6.07) is 5.75. The molecule has 4 heteroatoms. The van der Waals surface area contributed by atoms with E-state index in [2.05, 4.69) is 11.2 Å². The first-order chi connectivity index (χ1) is 8.88. The normalized spacial score (nSPS) is 11.1. The van der Waals surface area contributed by atoms with Crippen LogP contribution in [0.4, 0.5) is 0 Å². The number of aromatic nitrogens is 2. The Bertz CT molecular complexity index is 581. The molecule has 1 N–H and O–H groups in total. The van der Waals surface area contributed by atoms with Gasteiger partial charge in [-0.2, -0.15) is 5.10 Å². The Kier molecular flexibility index (Phi) is 3.51. The van der Waals surface area contributed by atoms with Crippen LogP contribution in [0, 0.1) is 13.8 Å². The van der Waals surface area contributed by atoms with Crippen LogP contribution in [-0.2, 0) is 7.05 Å². The van der Waals surface area contributed by atoms with Gasteiger partial charge in [-0.25, -0.2) is 4.68 Å². The molecule has 0 bridgehead atoms. The van der Waals surface area contributed by atoms with Gasteiger partial charge < -0.3 is 9.84 Å². The molecule has 1 aromatic carbocycles. The number of aryl methyl sites for hydroxylation is 3. The molecule has 2 aromatic rings. The molecule has 0 radical (unpaired) electrons. The quantitative estimate of drug-likeness (QED) is 0.922. The van der Waals surface area contributed by atoms with Crippen molar-refractivity contribution in [2.45, 2.75) is 33.8 Å². The monoisotopic (exact) mass is 260 g/mol. The standard InChI is InChI=1S/C15H20N2O2/c1-9(2)19-14-7-10(3)12(6-11(14)4)13-8-15(18)17(5)16-13/h6-9,18H,1-5H3. The molecule has 0 spiro atoms. The van der Waals surface area contributed by atoms with E-state index in [4.69, 9.17) is 4.74 Å². The zero-order chi connectivity index (χ0) is 14.2. The zero-order valence-electron chi connectivity index (χ0n) is 12.1. The van der Waals surface area contributed by atoms with Gasteiger partial charge in [0.2, 0.25) is 5.88 Å². The van der Waals surface area contributed by atoms with E-state index in [0.29, 0.717) is 0 Å². The molecule has 102 valence electrons. The van der Waals surface area contributed by atoms with Crippen LogP contribution < -0.4 is 4.74 Å². The SMILES string of the molecule is Cc1cc(-c2cc(O)n(C)n2)c(C)cc1OC(C)C. The maximum Gasteiger partial charge on any atom is 0.209 e. The van der Waals surface area contributed by atoms with E-state index in [0.717, 1.165) is 28.1 Å². The minimum absolute atomic E-state index is 0.155. The Balaban J connectivity index is 2.45. The Morgan fingerprint density at radius 2 is 1.84 bits per heavy atom. The second-order valence-corrected chi connectivity index (χ2v) is 5.11. The van der Waals surface area contributed by atoms with Crippen molar-refractivity contribution < 1.29 is 9.84 Å². The summed E-state index contributed by atoms with van der Waals surface area (Å²) in [5.74, 6) is 1.06. The topological polar surface area (TPSA) is 47.3 Å². The molecule has 2 rings (SSSR count). The molecule has 1 heterocycles. The number of ether oxygens (including phenoxy) is 1. The third kappa shape index (κ3) is 2.72. The molecular formula is C15H20N2O2. The van der Waals surface area contributed by atoms with Crippen LogP contribution >= 0.6 is 0 Å². The largest absolute Gasteiger partial charge is 0.493 e. The summed E-state index contributed by atoms with van der Waals surface area (Å²) in [6.07, 6.45) is 0.155. The molecule has 0 unspecified atom stereocenters. The third-order valence-electron chi connectivity index (χ3n) is 3.02. The molecule has 0 aliphatic rings. The zero-order valence-corrected chi connectivity index (χ0v) is 12.1. The molecule has 0 saturated carbocycles. The van der Waals surface area contributed by atoms with Crippen molar-refractivity contribution in [3.8, 4) is 22.9 Å². The highest BCUT2D eigenvalue weighted by molar-refractivity contribution is 5.67. The van der Waals surface area contributed by atoms with Gasteiger partial charge in [-0.05, 0) is 51.0 Å². The average Bonchev–Trinajstić information content (AvgIpc) is 2.63. The minimum Gasteiger partial charge on any atom is -0.493 e. The van der Waals surface area contributed by atoms with Gasteiger partial charge >= 0.3 is 0 Å². The van der Waals surface area contributed by atoms with Crippen LogP contribution in [0.25, 0.3) is 11.3 Å². The van der Waals surface area contributed by atoms with Gasteiger partial charge in [-0.15, -0.1) is 0 Å². The molecular weight excluding hydrogens is 240 g/mol. The van der Waals surface area contributed by atoms with Crippen LogP contribution in [0.15, 0.2) is 18.2 Å². The highest BCUT2D eigenvalue weighted by Crippen LogP contribution is 2.31. The van der Waals surface area contributed by atoms with Crippen molar-refractivity contribution in [3.63, 3.8) is 0 Å². The van der Waals surface area contributed by atoms with E-state index in [9.17, 15) is 5.11 Å². The number of hydrogen-bond acceptors (Lipinski definition) is 3. The maximum absolute atomic E-state index is 9.61. The summed E-state index contributed by atoms with van der Waals surface area (Å²) in [6.45, 7) is 8.07. The minimum atomic E-state index is 0.155. The first-order valence-corrected chi connectivity index (χ1v) is 6.39. The van der Waals surface area contributed by atoms with E-state index < -0.39 is 0 Å². The van der Waals surface area contributed by atoms with E-state index in [-0.39, 0.29) is 12.0 Å². The number of aromatic hydroxyl groups is 1. The van der Waals surface area contributed by atoms with Gasteiger partial charge in [0.15, 0.2) is 0 Å². The Morgan fingerprint density at radius 3 is 2.37 bits per heavy atom. The summed E-state index contributed by atoms with van der Waals surface area (Å²) >= 11 is 0. The molecule has 0 fully saturated rings. The lowest BCUT2D eigenvalue weighted by atomic mass is 10.0. The van der Waals surface area contributed by atoms with Crippen molar-refractivity contribution in [2.24, 2.45) is 7.05 Å². The van der Waals surface area contributed by atoms with Crippen molar-refractivity contribution in [1.29, 1.82) is 0 Å². The number of nitrogens with zero attached hydrogens (tertiary/aromatic N) is 2. The van der Waals surface area contributed by atoms with Crippen molar-refractivity contribution in [2.75, 3.05) is 0 Å². The van der Waals surface area contributed by atoms with Gasteiger partial charge in [0, 0.05) is 18.7 Å². The summed E-state index contributed by atoms with van der Waals surface area (Å²) in [5.41, 5.74) is 3.94. The van der Waals surface area contributed by atoms with E-state index in [1.807, 2.05) is 33.8 Å². The van der Waals surface area contributed by atoms with E-state index >= 15 is 0 Å². The summed E-state index contributed by atoms with van der Waals surface area (Å²) in [7, 11) is 1.72. The Morgan fingerprint density at radius 1 is 1.16 bits per heavy atom. The molecule has 0 saturated heterocycles. The van der Waals surface area contributed by atoms with Crippen LogP contribution in [0.1, 0.15) is 25.0 Å². The fraction of sp³-hybridized carbons (Fsp3) is 0.400. The van der Waals surface area contributed by atoms with Gasteiger partial charge in [0.25, 0.3) is 0 Å². The highest BCUT2D eigenvalue weighted by atomic mass is 16.5. The molecule has 0 aliphatic carbocycles. The predicted molar refractivity (Wildman–Crippen MR) is 75.5 cm³/mol. The predicted octanol–water partition coefficient (Wildman–Crippen LogP) is 3.20. The van der Waals surface area contributed by atoms with Crippen molar-refractivity contribution >= 4 is 0 Å². The Hall–Kier alpha value is -1.97. The average molecular weight is 260 g/mol. The van der Waals surface area contributed by atoms with Gasteiger partial charge in [-0.3, -0.25) is 0 Å². The Labute approximate surface area is 113 Å². The first kappa shape index (κ1) is 13.5. The lowest BCUT2D eigenvalue weighted by Gasteiger charge is -2.14. The second-order valence-electron chi connectivity index (χ2n) is 5.11. The summed E-state index contributed by atoms with van der Waals surface area (Å²) in [4.78, 5) is 0. The summed E-state index contributed by atoms with van der Waals surface area (Å²) < 4.78 is 7.23. The van der Waals surface area contributed by atoms with Crippen LogP contribution in [-0.4, -0.2) is 21.0 Å². The van der Waals surface area contributed by atoms with Crippen LogP contribution in [0.2, 0.25) is 0 Å². The molecule has 19 heavy (non-hydrogen) atoms. The molecule has 1 aromatic heterocycles. The number of hydrogen-bond donors (Lipinski definition) is 1. The summed E-state index contributed by atoms with van der Waals surface area (Å²) in [5, 5.41) is 13.9. The second kappa shape index (κ2) is 4.96. The van der Waals surface area contributed by atoms with E-state index in [1.165, 1.54) is 4.68 Å². The van der Waals surface area contributed by atoms with E-state index in [1.54, 1.807) is 13.1 Å². The van der Waals surface area contributed by atoms with Gasteiger partial charge in [-0.1, -0.05) is 0 Å². The van der Waals surface area contributed by atoms with Gasteiger partial charge in [0.05, 0.1) is 11.8 Å². The smallest absolute Gasteiger partial charge is 0.209 e. The highest BCUT2D eigenvalue weighted by Gasteiger charge is 2.12. The van der Waals surface area contributed by atoms with Gasteiger partial charge in [0.1, 0.15) is 5.75 Å². The molecule has 0 aliphatic heterocycles. The fourth-order valence-electron chi connectivity index (χ4n) is 2.04. The maximum atomic E-state index is 9.61. The van der Waals surface area contributed by atoms with Crippen molar-refractivity contribution in [1.82, 2.24) is 9.78 Å². The third-order valence-corrected chi connectivity index (χ3v) is 3.02. The van der Waals surface area contributed by atoms with Crippen LogP contribution in [0.3, 0.4) is 0 Å². The van der Waals surface area contributed by atoms with Crippen LogP contribution in [0.5, 0.6) is 11.6 Å². The lowest BCUT2D eigenvalue weighted by molar-refractivity contribution is 0.240. The molecule has 0 atom stereocenters. The molecule has 4 nitrogen and oxygen atoms in total. The fourth-order valence-corrected chi connectivity index (χ4v) is 2.04.